The molecule has 4 saturated heterocycles. The van der Waals surface area contributed by atoms with Gasteiger partial charge in [0.25, 0.3) is 0 Å². The van der Waals surface area contributed by atoms with Crippen LogP contribution in [0.3, 0.4) is 0 Å². The summed E-state index contributed by atoms with van der Waals surface area (Å²) < 4.78 is 29.3. The Morgan fingerprint density at radius 1 is 1.00 bits per heavy atom. The van der Waals surface area contributed by atoms with E-state index in [1.807, 2.05) is 0 Å². The minimum absolute atomic E-state index is 0.0276. The van der Waals surface area contributed by atoms with Gasteiger partial charge in [0, 0.05) is 16.4 Å². The van der Waals surface area contributed by atoms with Gasteiger partial charge in [-0.3, -0.25) is 9.59 Å². The van der Waals surface area contributed by atoms with Crippen LogP contribution in [0.5, 0.6) is 0 Å². The Hall–Kier alpha value is -2.27. The molecule has 10 heteroatoms. The van der Waals surface area contributed by atoms with Crippen molar-refractivity contribution in [1.82, 2.24) is 0 Å². The first-order chi connectivity index (χ1) is 16.9. The minimum atomic E-state index is -1.50. The molecule has 0 bridgehead atoms. The number of aliphatic hydroxyl groups is 2. The Bertz CT molecular complexity index is 1190. The van der Waals surface area contributed by atoms with Gasteiger partial charge in [-0.25, -0.2) is 4.79 Å². The minimum Gasteiger partial charge on any atom is -0.472 e. The van der Waals surface area contributed by atoms with Gasteiger partial charge in [0.1, 0.15) is 24.4 Å². The molecule has 5 heterocycles. The van der Waals surface area contributed by atoms with E-state index in [0.717, 1.165) is 0 Å². The van der Waals surface area contributed by atoms with Crippen LogP contribution in [-0.2, 0) is 33.3 Å². The number of fused-ring (bicyclic) bond motifs is 1. The summed E-state index contributed by atoms with van der Waals surface area (Å²) >= 11 is 0. The van der Waals surface area contributed by atoms with Gasteiger partial charge in [0.05, 0.1) is 48.1 Å². The zero-order valence-corrected chi connectivity index (χ0v) is 20.6. The van der Waals surface area contributed by atoms with Crippen LogP contribution in [0.25, 0.3) is 0 Å². The van der Waals surface area contributed by atoms with Crippen LogP contribution in [0.1, 0.15) is 52.2 Å². The lowest BCUT2D eigenvalue weighted by Gasteiger charge is -2.67. The lowest BCUT2D eigenvalue weighted by molar-refractivity contribution is -0.276. The molecule has 4 aliphatic heterocycles. The summed E-state index contributed by atoms with van der Waals surface area (Å²) in [5.41, 5.74) is -5.28. The number of aliphatic hydroxyl groups excluding tert-OH is 2. The summed E-state index contributed by atoms with van der Waals surface area (Å²) in [7, 11) is 0. The van der Waals surface area contributed by atoms with E-state index in [9.17, 15) is 24.6 Å². The molecule has 36 heavy (non-hydrogen) atoms. The van der Waals surface area contributed by atoms with Gasteiger partial charge in [-0.1, -0.05) is 13.8 Å². The van der Waals surface area contributed by atoms with E-state index in [2.05, 4.69) is 0 Å². The van der Waals surface area contributed by atoms with Crippen LogP contribution in [0.15, 0.2) is 23.0 Å². The van der Waals surface area contributed by atoms with Crippen LogP contribution in [-0.4, -0.2) is 70.2 Å². The summed E-state index contributed by atoms with van der Waals surface area (Å²) in [4.78, 5) is 39.6. The van der Waals surface area contributed by atoms with Crippen LogP contribution in [0.2, 0.25) is 0 Å². The van der Waals surface area contributed by atoms with E-state index >= 15 is 0 Å². The summed E-state index contributed by atoms with van der Waals surface area (Å²) in [6.07, 6.45) is -2.07. The number of Topliss-reactive ketones (excluding diaryl/α,β-unsaturated/α-hetero) is 1. The van der Waals surface area contributed by atoms with E-state index in [-0.39, 0.29) is 19.4 Å². The number of hydrogen-bond donors (Lipinski definition) is 2. The van der Waals surface area contributed by atoms with Gasteiger partial charge >= 0.3 is 11.9 Å². The number of carbonyl (C=O) groups excluding carboxylic acids is 3. The zero-order valence-electron chi connectivity index (χ0n) is 20.6. The SMILES string of the molecule is CC1(C)OC2CC(=O)OCC23C2CC(O)C4(C)C(c5ccoc5)OC(=O)[C@H]5O[C@]54[C@]2(C)[C@@H](O)C(=O)[C@H]13. The third kappa shape index (κ3) is 2.13. The van der Waals surface area contributed by atoms with Crippen LogP contribution in [0, 0.1) is 28.1 Å². The van der Waals surface area contributed by atoms with Gasteiger partial charge in [0.2, 0.25) is 0 Å². The molecule has 2 aliphatic carbocycles. The standard InChI is InChI=1S/C26H30O10/c1-22(2)17-16(29)18(30)23(3)12(25(17)10-33-15(28)8-14(25)35-22)7-13(27)24(4)19(11-5-6-32-9-11)34-21(31)20-26(23,24)36-20/h5-6,9,12-14,17-20,27,30H,7-8,10H2,1-4H3/t12?,13?,14?,17-,18+,19?,20-,23+,24?,25?,26+/m1/s1. The molecule has 6 fully saturated rings. The second-order valence-corrected chi connectivity index (χ2v) is 12.4. The van der Waals surface area contributed by atoms with E-state index in [1.54, 1.807) is 33.8 Å². The highest BCUT2D eigenvalue weighted by atomic mass is 16.7. The lowest BCUT2D eigenvalue weighted by atomic mass is 9.36. The number of epoxide rings is 1. The maximum absolute atomic E-state index is 14.1. The highest BCUT2D eigenvalue weighted by Crippen LogP contribution is 2.80. The van der Waals surface area contributed by atoms with Crippen molar-refractivity contribution in [3.8, 4) is 0 Å². The molecule has 0 amide bonds. The maximum atomic E-state index is 14.1. The first kappa shape index (κ1) is 22.9. The van der Waals surface area contributed by atoms with Gasteiger partial charge in [-0.05, 0) is 32.3 Å². The van der Waals surface area contributed by atoms with Crippen LogP contribution < -0.4 is 0 Å². The zero-order chi connectivity index (χ0) is 25.6. The highest BCUT2D eigenvalue weighted by Gasteiger charge is 2.92. The molecule has 194 valence electrons. The Kier molecular flexibility index (Phi) is 4.07. The van der Waals surface area contributed by atoms with Crippen LogP contribution in [0.4, 0.5) is 0 Å². The molecule has 2 spiro atoms. The maximum Gasteiger partial charge on any atom is 0.339 e. The predicted octanol–water partition coefficient (Wildman–Crippen LogP) is 1.08. The number of furan rings is 1. The van der Waals surface area contributed by atoms with Crippen molar-refractivity contribution in [3.63, 3.8) is 0 Å². The summed E-state index contributed by atoms with van der Waals surface area (Å²) in [5.74, 6) is -2.75. The third-order valence-electron chi connectivity index (χ3n) is 10.8. The normalized spacial score (nSPS) is 54.3. The number of hydrogen-bond acceptors (Lipinski definition) is 10. The molecule has 2 N–H and O–H groups in total. The molecule has 11 atom stereocenters. The number of ether oxygens (including phenoxy) is 4. The van der Waals surface area contributed by atoms with Crippen molar-refractivity contribution >= 4 is 17.7 Å². The summed E-state index contributed by atoms with van der Waals surface area (Å²) in [5, 5.41) is 23.7. The van der Waals surface area contributed by atoms with Crippen LogP contribution >= 0.6 is 0 Å². The van der Waals surface area contributed by atoms with Crippen molar-refractivity contribution in [1.29, 1.82) is 0 Å². The topological polar surface area (TPSA) is 145 Å². The molecule has 0 aromatic carbocycles. The van der Waals surface area contributed by atoms with Crippen molar-refractivity contribution in [2.75, 3.05) is 6.61 Å². The second-order valence-electron chi connectivity index (χ2n) is 12.4. The number of rotatable bonds is 1. The molecular weight excluding hydrogens is 472 g/mol. The molecule has 1 aromatic heterocycles. The highest BCUT2D eigenvalue weighted by molar-refractivity contribution is 5.92. The smallest absolute Gasteiger partial charge is 0.339 e. The fourth-order valence-electron chi connectivity index (χ4n) is 9.45. The molecule has 6 aliphatic rings. The second kappa shape index (κ2) is 6.40. The fraction of sp³-hybridized carbons (Fsp3) is 0.731. The molecule has 0 radical (unpaired) electrons. The van der Waals surface area contributed by atoms with Crippen molar-refractivity contribution < 1.29 is 48.0 Å². The van der Waals surface area contributed by atoms with E-state index in [4.69, 9.17) is 23.4 Å². The Balaban J connectivity index is 1.46. The van der Waals surface area contributed by atoms with Gasteiger partial charge in [-0.2, -0.15) is 0 Å². The number of esters is 2. The van der Waals surface area contributed by atoms with E-state index in [1.165, 1.54) is 12.5 Å². The molecule has 1 aromatic rings. The first-order valence-electron chi connectivity index (χ1n) is 12.5. The summed E-state index contributed by atoms with van der Waals surface area (Å²) in [6, 6.07) is 1.67. The number of cyclic esters (lactones) is 2. The quantitative estimate of drug-likeness (QED) is 0.423. The van der Waals surface area contributed by atoms with Crippen molar-refractivity contribution in [2.45, 2.75) is 82.3 Å². The van der Waals surface area contributed by atoms with E-state index < -0.39 is 87.5 Å². The van der Waals surface area contributed by atoms with Crippen molar-refractivity contribution in [3.05, 3.63) is 24.2 Å². The van der Waals surface area contributed by atoms with E-state index in [0.29, 0.717) is 5.56 Å². The third-order valence-corrected chi connectivity index (χ3v) is 10.8. The average molecular weight is 503 g/mol. The molecule has 10 nitrogen and oxygen atoms in total. The van der Waals surface area contributed by atoms with Gasteiger partial charge in [0.15, 0.2) is 11.9 Å². The summed E-state index contributed by atoms with van der Waals surface area (Å²) in [6.45, 7) is 7.08. The molecule has 6 unspecified atom stereocenters. The van der Waals surface area contributed by atoms with Crippen molar-refractivity contribution in [2.24, 2.45) is 28.1 Å². The Morgan fingerprint density at radius 3 is 2.44 bits per heavy atom. The predicted molar refractivity (Wildman–Crippen MR) is 117 cm³/mol. The molecule has 7 rings (SSSR count). The molecule has 2 saturated carbocycles. The molecular formula is C26H30O10. The fourth-order valence-corrected chi connectivity index (χ4v) is 9.45. The van der Waals surface area contributed by atoms with Gasteiger partial charge < -0.3 is 33.6 Å². The average Bonchev–Trinajstić information content (AvgIpc) is 3.28. The largest absolute Gasteiger partial charge is 0.472 e. The lowest BCUT2D eigenvalue weighted by Crippen LogP contribution is -2.78. The number of carbonyl (C=O) groups is 3. The number of ketones is 1. The first-order valence-corrected chi connectivity index (χ1v) is 12.5. The Labute approximate surface area is 207 Å². The Morgan fingerprint density at radius 2 is 1.75 bits per heavy atom. The van der Waals surface area contributed by atoms with Gasteiger partial charge in [-0.15, -0.1) is 0 Å². The monoisotopic (exact) mass is 502 g/mol.